The molecule has 35 heavy (non-hydrogen) atoms. The molecule has 3 aromatic rings. The zero-order valence-corrected chi connectivity index (χ0v) is 20.0. The Bertz CT molecular complexity index is 1220. The molecule has 1 fully saturated rings. The summed E-state index contributed by atoms with van der Waals surface area (Å²) in [5.74, 6) is 0.136. The predicted molar refractivity (Wildman–Crippen MR) is 131 cm³/mol. The van der Waals surface area contributed by atoms with Crippen LogP contribution in [0.15, 0.2) is 60.7 Å². The van der Waals surface area contributed by atoms with Crippen LogP contribution in [0.4, 0.5) is 10.1 Å². The van der Waals surface area contributed by atoms with Crippen LogP contribution < -0.4 is 4.74 Å². The van der Waals surface area contributed by atoms with Crippen molar-refractivity contribution >= 4 is 23.2 Å². The molecule has 182 valence electrons. The van der Waals surface area contributed by atoms with Gasteiger partial charge in [0, 0.05) is 60.5 Å². The van der Waals surface area contributed by atoms with Crippen molar-refractivity contribution in [3.8, 4) is 5.75 Å². The average molecular weight is 498 g/mol. The van der Waals surface area contributed by atoms with Crippen molar-refractivity contribution in [3.05, 3.63) is 104 Å². The number of piperazine rings is 1. The zero-order chi connectivity index (χ0) is 24.9. The van der Waals surface area contributed by atoms with Gasteiger partial charge in [0.25, 0.3) is 11.6 Å². The zero-order valence-electron chi connectivity index (χ0n) is 19.2. The van der Waals surface area contributed by atoms with E-state index in [2.05, 4.69) is 4.90 Å². The summed E-state index contributed by atoms with van der Waals surface area (Å²) >= 11 is 6.15. The summed E-state index contributed by atoms with van der Waals surface area (Å²) in [5.41, 5.74) is 2.43. The normalized spacial score (nSPS) is 14.1. The second-order valence-corrected chi connectivity index (χ2v) is 8.87. The van der Waals surface area contributed by atoms with E-state index in [0.717, 1.165) is 5.56 Å². The molecule has 0 unspecified atom stereocenters. The molecule has 0 atom stereocenters. The highest BCUT2D eigenvalue weighted by Gasteiger charge is 2.23. The van der Waals surface area contributed by atoms with Crippen molar-refractivity contribution in [3.63, 3.8) is 0 Å². The topological polar surface area (TPSA) is 75.9 Å². The van der Waals surface area contributed by atoms with Gasteiger partial charge in [0.2, 0.25) is 0 Å². The van der Waals surface area contributed by atoms with Gasteiger partial charge in [0.1, 0.15) is 18.2 Å². The highest BCUT2D eigenvalue weighted by molar-refractivity contribution is 6.31. The standard InChI is InChI=1S/C26H25ClFN3O4/c1-18-14-21(8-9-25(18)31(33)34)35-17-19-4-2-5-20(15-19)26(32)30-12-10-29(11-13-30)16-22-23(27)6-3-7-24(22)28/h2-9,14-15H,10-13,16-17H2,1H3. The first-order chi connectivity index (χ1) is 16.8. The minimum absolute atomic E-state index is 0.0436. The minimum Gasteiger partial charge on any atom is -0.489 e. The van der Waals surface area contributed by atoms with Gasteiger partial charge in [-0.3, -0.25) is 19.8 Å². The van der Waals surface area contributed by atoms with Gasteiger partial charge in [-0.25, -0.2) is 4.39 Å². The third kappa shape index (κ3) is 5.96. The van der Waals surface area contributed by atoms with Crippen LogP contribution in [0.1, 0.15) is 27.0 Å². The summed E-state index contributed by atoms with van der Waals surface area (Å²) in [7, 11) is 0. The van der Waals surface area contributed by atoms with Gasteiger partial charge in [0.15, 0.2) is 0 Å². The van der Waals surface area contributed by atoms with Crippen molar-refractivity contribution in [1.82, 2.24) is 9.80 Å². The Morgan fingerprint density at radius 1 is 1.09 bits per heavy atom. The quantitative estimate of drug-likeness (QED) is 0.330. The molecular formula is C26H25ClFN3O4. The Morgan fingerprint density at radius 2 is 1.83 bits per heavy atom. The number of halogens is 2. The molecule has 0 aliphatic carbocycles. The summed E-state index contributed by atoms with van der Waals surface area (Å²) in [5, 5.41) is 11.4. The fourth-order valence-corrected chi connectivity index (χ4v) is 4.30. The van der Waals surface area contributed by atoms with Crippen LogP contribution >= 0.6 is 11.6 Å². The maximum Gasteiger partial charge on any atom is 0.272 e. The third-order valence-electron chi connectivity index (χ3n) is 6.05. The lowest BCUT2D eigenvalue weighted by Crippen LogP contribution is -2.48. The van der Waals surface area contributed by atoms with Crippen molar-refractivity contribution < 1.29 is 18.8 Å². The van der Waals surface area contributed by atoms with E-state index in [0.29, 0.717) is 60.2 Å². The van der Waals surface area contributed by atoms with Crippen molar-refractivity contribution in [2.45, 2.75) is 20.1 Å². The molecule has 1 aliphatic rings. The fourth-order valence-electron chi connectivity index (χ4n) is 4.08. The number of amides is 1. The van der Waals surface area contributed by atoms with E-state index in [9.17, 15) is 19.3 Å². The first-order valence-electron chi connectivity index (χ1n) is 11.2. The Kier molecular flexibility index (Phi) is 7.63. The molecule has 3 aromatic carbocycles. The van der Waals surface area contributed by atoms with Crippen LogP contribution in [-0.4, -0.2) is 46.8 Å². The van der Waals surface area contributed by atoms with E-state index in [1.807, 2.05) is 12.1 Å². The Labute approximate surface area is 207 Å². The molecule has 1 aliphatic heterocycles. The second-order valence-electron chi connectivity index (χ2n) is 8.46. The number of benzene rings is 3. The van der Waals surface area contributed by atoms with Gasteiger partial charge in [-0.15, -0.1) is 0 Å². The Hall–Kier alpha value is -3.49. The molecule has 0 radical (unpaired) electrons. The van der Waals surface area contributed by atoms with Crippen molar-refractivity contribution in [2.24, 2.45) is 0 Å². The maximum absolute atomic E-state index is 14.1. The summed E-state index contributed by atoms with van der Waals surface area (Å²) in [4.78, 5) is 27.5. The molecule has 1 amide bonds. The van der Waals surface area contributed by atoms with Crippen LogP contribution in [0.3, 0.4) is 0 Å². The first-order valence-corrected chi connectivity index (χ1v) is 11.6. The third-order valence-corrected chi connectivity index (χ3v) is 6.40. The number of rotatable bonds is 7. The number of nitrogens with zero attached hydrogens (tertiary/aromatic N) is 3. The number of carbonyl (C=O) groups is 1. The molecule has 0 N–H and O–H groups in total. The van der Waals surface area contributed by atoms with E-state index in [1.54, 1.807) is 48.2 Å². The maximum atomic E-state index is 14.1. The summed E-state index contributed by atoms with van der Waals surface area (Å²) in [6.07, 6.45) is 0. The lowest BCUT2D eigenvalue weighted by Gasteiger charge is -2.35. The molecular weight excluding hydrogens is 473 g/mol. The van der Waals surface area contributed by atoms with E-state index in [-0.39, 0.29) is 24.0 Å². The van der Waals surface area contributed by atoms with Gasteiger partial charge in [-0.2, -0.15) is 0 Å². The molecule has 1 saturated heterocycles. The molecule has 4 rings (SSSR count). The van der Waals surface area contributed by atoms with Gasteiger partial charge < -0.3 is 9.64 Å². The fraction of sp³-hybridized carbons (Fsp3) is 0.269. The van der Waals surface area contributed by atoms with Crippen molar-refractivity contribution in [1.29, 1.82) is 0 Å². The first kappa shape index (κ1) is 24.6. The van der Waals surface area contributed by atoms with Gasteiger partial charge in [0.05, 0.1) is 4.92 Å². The molecule has 9 heteroatoms. The smallest absolute Gasteiger partial charge is 0.272 e. The number of hydrogen-bond donors (Lipinski definition) is 0. The number of aryl methyl sites for hydroxylation is 1. The monoisotopic (exact) mass is 497 g/mol. The van der Waals surface area contributed by atoms with Gasteiger partial charge in [-0.05, 0) is 48.9 Å². The summed E-state index contributed by atoms with van der Waals surface area (Å²) in [6.45, 7) is 4.62. The number of nitro groups is 1. The molecule has 0 spiro atoms. The molecule has 7 nitrogen and oxygen atoms in total. The number of carbonyl (C=O) groups excluding carboxylic acids is 1. The van der Waals surface area contributed by atoms with E-state index >= 15 is 0 Å². The number of hydrogen-bond acceptors (Lipinski definition) is 5. The van der Waals surface area contributed by atoms with Crippen LogP contribution in [0, 0.1) is 22.9 Å². The highest BCUT2D eigenvalue weighted by atomic mass is 35.5. The minimum atomic E-state index is -0.427. The van der Waals surface area contributed by atoms with Crippen LogP contribution in [0.25, 0.3) is 0 Å². The largest absolute Gasteiger partial charge is 0.489 e. The molecule has 0 saturated carbocycles. The summed E-state index contributed by atoms with van der Waals surface area (Å²) < 4.78 is 19.9. The van der Waals surface area contributed by atoms with Crippen LogP contribution in [0.5, 0.6) is 5.75 Å². The second kappa shape index (κ2) is 10.8. The van der Waals surface area contributed by atoms with Crippen molar-refractivity contribution in [2.75, 3.05) is 26.2 Å². The van der Waals surface area contributed by atoms with E-state index in [4.69, 9.17) is 16.3 Å². The molecule has 0 aromatic heterocycles. The number of ether oxygens (including phenoxy) is 1. The van der Waals surface area contributed by atoms with Gasteiger partial charge >= 0.3 is 0 Å². The predicted octanol–water partition coefficient (Wildman–Crippen LogP) is 5.23. The van der Waals surface area contributed by atoms with Gasteiger partial charge in [-0.1, -0.05) is 29.8 Å². The Balaban J connectivity index is 1.33. The van der Waals surface area contributed by atoms with Crippen LogP contribution in [0.2, 0.25) is 5.02 Å². The highest BCUT2D eigenvalue weighted by Crippen LogP contribution is 2.24. The Morgan fingerprint density at radius 3 is 2.51 bits per heavy atom. The average Bonchev–Trinajstić information content (AvgIpc) is 2.85. The SMILES string of the molecule is Cc1cc(OCc2cccc(C(=O)N3CCN(Cc4c(F)cccc4Cl)CC3)c2)ccc1[N+](=O)[O-]. The summed E-state index contributed by atoms with van der Waals surface area (Å²) in [6, 6.07) is 16.5. The molecule has 0 bridgehead atoms. The molecule has 1 heterocycles. The van der Waals surface area contributed by atoms with E-state index in [1.165, 1.54) is 12.1 Å². The lowest BCUT2D eigenvalue weighted by atomic mass is 10.1. The number of nitro benzene ring substituents is 1. The lowest BCUT2D eigenvalue weighted by molar-refractivity contribution is -0.385. The van der Waals surface area contributed by atoms with E-state index < -0.39 is 4.92 Å². The van der Waals surface area contributed by atoms with Crippen LogP contribution in [-0.2, 0) is 13.2 Å².